The molecule has 6 rings (SSSR count). The van der Waals surface area contributed by atoms with Crippen LogP contribution in [0.5, 0.6) is 5.75 Å². The maximum absolute atomic E-state index is 13.2. The van der Waals surface area contributed by atoms with Gasteiger partial charge in [0, 0.05) is 28.9 Å². The summed E-state index contributed by atoms with van der Waals surface area (Å²) in [5.74, 6) is 0.319. The van der Waals surface area contributed by atoms with Crippen molar-refractivity contribution in [1.29, 1.82) is 0 Å². The lowest BCUT2D eigenvalue weighted by Crippen LogP contribution is -2.68. The molecular formula is C25H32N3O5+. The number of carbonyl (C=O) groups excluding carboxylic acids is 1. The SMILES string of the molecule is CC1(C)CC(=O)c2c(ccc3c2[NH+]=C(O)[C@]32C[C@@]3([N+](=O)[O-])CN4CCC[C@@H]4C[C@@H]3C2(C)C)O1. The predicted octanol–water partition coefficient (Wildman–Crippen LogP) is 2.28. The molecule has 4 atom stereocenters. The second-order valence-corrected chi connectivity index (χ2v) is 12.0. The first-order valence-corrected chi connectivity index (χ1v) is 12.0. The van der Waals surface area contributed by atoms with Crippen LogP contribution in [0.2, 0.25) is 0 Å². The van der Waals surface area contributed by atoms with Gasteiger partial charge in [-0.1, -0.05) is 13.8 Å². The van der Waals surface area contributed by atoms with E-state index < -0.39 is 22.0 Å². The summed E-state index contributed by atoms with van der Waals surface area (Å²) in [5, 5.41) is 24.2. The summed E-state index contributed by atoms with van der Waals surface area (Å²) >= 11 is 0. The first kappa shape index (κ1) is 21.1. The van der Waals surface area contributed by atoms with Gasteiger partial charge >= 0.3 is 5.90 Å². The third kappa shape index (κ3) is 2.40. The summed E-state index contributed by atoms with van der Waals surface area (Å²) in [4.78, 5) is 31.3. The third-order valence-electron chi connectivity index (χ3n) is 9.56. The molecule has 4 aliphatic heterocycles. The number of hydrogen-bond donors (Lipinski definition) is 2. The Kier molecular flexibility index (Phi) is 3.92. The minimum absolute atomic E-state index is 0.0318. The van der Waals surface area contributed by atoms with Crippen LogP contribution >= 0.6 is 0 Å². The van der Waals surface area contributed by atoms with Gasteiger partial charge in [0.15, 0.2) is 5.78 Å². The Hall–Kier alpha value is -2.48. The highest BCUT2D eigenvalue weighted by Crippen LogP contribution is 2.67. The molecule has 2 saturated heterocycles. The van der Waals surface area contributed by atoms with Crippen molar-refractivity contribution in [3.05, 3.63) is 33.4 Å². The fourth-order valence-electron chi connectivity index (χ4n) is 8.13. The Morgan fingerprint density at radius 3 is 2.76 bits per heavy atom. The highest BCUT2D eigenvalue weighted by molar-refractivity contribution is 6.06. The van der Waals surface area contributed by atoms with Gasteiger partial charge in [0.25, 0.3) is 0 Å². The molecule has 8 heteroatoms. The number of aliphatic hydroxyl groups is 1. The molecule has 3 fully saturated rings. The number of fused-ring (bicyclic) bond motifs is 6. The largest absolute Gasteiger partial charge is 0.486 e. The predicted molar refractivity (Wildman–Crippen MR) is 121 cm³/mol. The van der Waals surface area contributed by atoms with Gasteiger partial charge in [-0.05, 0) is 57.2 Å². The molecule has 33 heavy (non-hydrogen) atoms. The van der Waals surface area contributed by atoms with Crippen molar-refractivity contribution in [2.75, 3.05) is 13.1 Å². The number of hydrogen-bond acceptors (Lipinski definition) is 5. The molecule has 8 nitrogen and oxygen atoms in total. The average Bonchev–Trinajstić information content (AvgIpc) is 3.33. The quantitative estimate of drug-likeness (QED) is 0.498. The molecule has 0 amide bonds. The standard InChI is InChI=1S/C25H31N3O5/c1-22(2)11-16(29)19-17(33-22)8-7-15-20(19)26-21(30)25(15)12-24(28(31)32)13-27-9-5-6-14(27)10-18(24)23(25,3)4/h7-8,14,18H,5-6,9-13H2,1-4H3,(H,26,30)/p+1/t14-,18-,24-,25+/m1/s1. The number of benzene rings is 1. The highest BCUT2D eigenvalue weighted by atomic mass is 16.6. The molecule has 1 aromatic rings. The van der Waals surface area contributed by atoms with Gasteiger partial charge < -0.3 is 9.84 Å². The van der Waals surface area contributed by atoms with Crippen molar-refractivity contribution < 1.29 is 24.6 Å². The van der Waals surface area contributed by atoms with Crippen LogP contribution in [0.25, 0.3) is 0 Å². The summed E-state index contributed by atoms with van der Waals surface area (Å²) in [5.41, 5.74) is -1.45. The number of ketones is 1. The van der Waals surface area contributed by atoms with Crippen molar-refractivity contribution in [2.24, 2.45) is 11.3 Å². The van der Waals surface area contributed by atoms with Crippen molar-refractivity contribution in [1.82, 2.24) is 4.90 Å². The third-order valence-corrected chi connectivity index (χ3v) is 9.56. The zero-order valence-corrected chi connectivity index (χ0v) is 19.7. The Bertz CT molecular complexity index is 1140. The van der Waals surface area contributed by atoms with Crippen LogP contribution in [-0.2, 0) is 5.41 Å². The number of aliphatic hydroxyl groups excluding tert-OH is 1. The van der Waals surface area contributed by atoms with E-state index in [-0.39, 0.29) is 35.4 Å². The second kappa shape index (κ2) is 6.14. The van der Waals surface area contributed by atoms with E-state index in [1.54, 1.807) is 0 Å². The van der Waals surface area contributed by atoms with E-state index in [9.17, 15) is 20.0 Å². The summed E-state index contributed by atoms with van der Waals surface area (Å²) in [6, 6.07) is 4.09. The molecule has 1 aromatic carbocycles. The molecule has 176 valence electrons. The highest BCUT2D eigenvalue weighted by Gasteiger charge is 2.79. The van der Waals surface area contributed by atoms with Crippen LogP contribution in [0.1, 0.15) is 75.7 Å². The van der Waals surface area contributed by atoms with Crippen LogP contribution in [0, 0.1) is 21.4 Å². The Morgan fingerprint density at radius 1 is 1.27 bits per heavy atom. The molecule has 0 unspecified atom stereocenters. The smallest absolute Gasteiger partial charge is 0.350 e. The van der Waals surface area contributed by atoms with Gasteiger partial charge in [-0.25, -0.2) is 0 Å². The molecule has 1 aliphatic carbocycles. The molecular weight excluding hydrogens is 422 g/mol. The molecule has 1 spiro atoms. The van der Waals surface area contributed by atoms with Crippen molar-refractivity contribution in [3.63, 3.8) is 0 Å². The second-order valence-electron chi connectivity index (χ2n) is 12.0. The van der Waals surface area contributed by atoms with E-state index in [0.29, 0.717) is 29.6 Å². The number of rotatable bonds is 1. The molecule has 4 heterocycles. The van der Waals surface area contributed by atoms with Crippen molar-refractivity contribution >= 4 is 17.4 Å². The molecule has 2 N–H and O–H groups in total. The zero-order chi connectivity index (χ0) is 23.6. The Labute approximate surface area is 193 Å². The minimum Gasteiger partial charge on any atom is -0.486 e. The normalized spacial score (nSPS) is 37.7. The number of nitrogens with zero attached hydrogens (tertiary/aromatic N) is 2. The lowest BCUT2D eigenvalue weighted by molar-refractivity contribution is -0.584. The Morgan fingerprint density at radius 2 is 2.03 bits per heavy atom. The van der Waals surface area contributed by atoms with E-state index in [0.717, 1.165) is 31.4 Å². The molecule has 5 aliphatic rings. The Balaban J connectivity index is 1.54. The zero-order valence-electron chi connectivity index (χ0n) is 19.7. The first-order chi connectivity index (χ1) is 15.4. The summed E-state index contributed by atoms with van der Waals surface area (Å²) in [6.07, 6.45) is 3.39. The number of carbonyl (C=O) groups is 1. The van der Waals surface area contributed by atoms with Crippen molar-refractivity contribution in [3.8, 4) is 5.75 Å². The van der Waals surface area contributed by atoms with Gasteiger partial charge in [0.1, 0.15) is 22.3 Å². The number of nitrogens with one attached hydrogen (secondary N) is 1. The summed E-state index contributed by atoms with van der Waals surface area (Å²) < 4.78 is 6.09. The summed E-state index contributed by atoms with van der Waals surface area (Å²) in [6.45, 7) is 9.24. The van der Waals surface area contributed by atoms with E-state index in [4.69, 9.17) is 4.74 Å². The van der Waals surface area contributed by atoms with Crippen LogP contribution in [-0.4, -0.2) is 56.9 Å². The fraction of sp³-hybridized carbons (Fsp3) is 0.680. The van der Waals surface area contributed by atoms with Crippen LogP contribution in [0.4, 0.5) is 5.69 Å². The number of nitro groups is 1. The van der Waals surface area contributed by atoms with Gasteiger partial charge in [0.05, 0.1) is 13.0 Å². The summed E-state index contributed by atoms with van der Waals surface area (Å²) in [7, 11) is 0. The van der Waals surface area contributed by atoms with Crippen LogP contribution < -0.4 is 9.73 Å². The van der Waals surface area contributed by atoms with E-state index in [2.05, 4.69) is 23.7 Å². The fourth-order valence-corrected chi connectivity index (χ4v) is 8.13. The molecule has 1 saturated carbocycles. The van der Waals surface area contributed by atoms with E-state index >= 15 is 0 Å². The molecule has 0 radical (unpaired) electrons. The van der Waals surface area contributed by atoms with Gasteiger partial charge in [-0.15, -0.1) is 0 Å². The number of Topliss-reactive ketones (excluding diaryl/α,β-unsaturated/α-hetero) is 1. The van der Waals surface area contributed by atoms with E-state index in [1.165, 1.54) is 0 Å². The first-order valence-electron chi connectivity index (χ1n) is 12.0. The maximum atomic E-state index is 13.2. The number of ether oxygens (including phenoxy) is 1. The average molecular weight is 455 g/mol. The molecule has 0 aromatic heterocycles. The van der Waals surface area contributed by atoms with Gasteiger partial charge in [-0.3, -0.25) is 19.8 Å². The van der Waals surface area contributed by atoms with E-state index in [1.807, 2.05) is 26.0 Å². The van der Waals surface area contributed by atoms with Gasteiger partial charge in [-0.2, -0.15) is 4.99 Å². The van der Waals surface area contributed by atoms with Crippen LogP contribution in [0.3, 0.4) is 0 Å². The minimum atomic E-state index is -1.14. The van der Waals surface area contributed by atoms with Crippen LogP contribution in [0.15, 0.2) is 12.1 Å². The molecule has 0 bridgehead atoms. The number of piperidine rings is 1. The van der Waals surface area contributed by atoms with Crippen molar-refractivity contribution in [2.45, 2.75) is 82.4 Å². The lowest BCUT2D eigenvalue weighted by atomic mass is 9.60. The maximum Gasteiger partial charge on any atom is 0.350 e. The van der Waals surface area contributed by atoms with Gasteiger partial charge in [0.2, 0.25) is 11.2 Å². The topological polar surface area (TPSA) is 107 Å². The monoisotopic (exact) mass is 454 g/mol. The lowest BCUT2D eigenvalue weighted by Gasteiger charge is -2.45.